The molecule has 0 amide bonds. The van der Waals surface area contributed by atoms with E-state index in [0.717, 1.165) is 0 Å². The van der Waals surface area contributed by atoms with Crippen LogP contribution in [0.25, 0.3) is 0 Å². The predicted molar refractivity (Wildman–Crippen MR) is 48.6 cm³/mol. The molecule has 1 unspecified atom stereocenters. The number of imidazole rings is 1. The lowest BCUT2D eigenvalue weighted by Gasteiger charge is -2.01. The first-order valence-electron chi connectivity index (χ1n) is 3.81. The number of carbonyl (C=O) groups is 2. The van der Waals surface area contributed by atoms with Gasteiger partial charge >= 0.3 is 12.1 Å². The van der Waals surface area contributed by atoms with Crippen molar-refractivity contribution in [3.63, 3.8) is 0 Å². The molecule has 0 fully saturated rings. The van der Waals surface area contributed by atoms with Gasteiger partial charge in [0.25, 0.3) is 0 Å². The van der Waals surface area contributed by atoms with E-state index in [4.69, 9.17) is 25.8 Å². The van der Waals surface area contributed by atoms with Crippen molar-refractivity contribution in [2.24, 2.45) is 5.73 Å². The summed E-state index contributed by atoms with van der Waals surface area (Å²) in [5.41, 5.74) is 5.92. The minimum Gasteiger partial charge on any atom is -0.480 e. The Morgan fingerprint density at radius 3 is 2.33 bits per heavy atom. The summed E-state index contributed by atoms with van der Waals surface area (Å²) < 4.78 is 0. The fraction of sp³-hybridized carbons (Fsp3) is 0.286. The van der Waals surface area contributed by atoms with Crippen molar-refractivity contribution in [3.8, 4) is 0 Å². The minimum atomic E-state index is -1.83. The summed E-state index contributed by atoms with van der Waals surface area (Å²) in [6.07, 6.45) is 1.55. The lowest BCUT2D eigenvalue weighted by Crippen LogP contribution is -2.32. The molecule has 84 valence electrons. The first kappa shape index (κ1) is 12.9. The minimum absolute atomic E-state index is 0.263. The van der Waals surface area contributed by atoms with Crippen molar-refractivity contribution in [1.29, 1.82) is 0 Å². The average molecular weight is 217 g/mol. The quantitative estimate of drug-likeness (QED) is 0.461. The molecule has 1 aromatic rings. The standard InChI is InChI=1S/C6H9N3O2.CH2O3/c7-5(6(10)11)1-4-2-8-3-9-4;2-1(3)4/h2-3,5H,1,7H2,(H,8,9)(H,10,11);(H2,2,3,4). The highest BCUT2D eigenvalue weighted by molar-refractivity contribution is 5.73. The van der Waals surface area contributed by atoms with E-state index in [-0.39, 0.29) is 6.42 Å². The molecule has 15 heavy (non-hydrogen) atoms. The summed E-state index contributed by atoms with van der Waals surface area (Å²) in [7, 11) is 0. The summed E-state index contributed by atoms with van der Waals surface area (Å²) in [6, 6.07) is -0.863. The molecule has 8 nitrogen and oxygen atoms in total. The van der Waals surface area contributed by atoms with Crippen LogP contribution in [0.2, 0.25) is 0 Å². The highest BCUT2D eigenvalue weighted by atomic mass is 16.6. The van der Waals surface area contributed by atoms with E-state index >= 15 is 0 Å². The molecule has 1 atom stereocenters. The fourth-order valence-corrected chi connectivity index (χ4v) is 0.715. The summed E-state index contributed by atoms with van der Waals surface area (Å²) in [5.74, 6) is -1.01. The smallest absolute Gasteiger partial charge is 0.480 e. The lowest BCUT2D eigenvalue weighted by molar-refractivity contribution is -0.138. The number of nitrogens with zero attached hydrogens (tertiary/aromatic N) is 1. The average Bonchev–Trinajstić information content (AvgIpc) is 2.55. The second-order valence-corrected chi connectivity index (χ2v) is 2.49. The summed E-state index contributed by atoms with van der Waals surface area (Å²) in [4.78, 5) is 25.4. The van der Waals surface area contributed by atoms with E-state index in [9.17, 15) is 4.79 Å². The van der Waals surface area contributed by atoms with Crippen molar-refractivity contribution in [1.82, 2.24) is 9.97 Å². The van der Waals surface area contributed by atoms with Gasteiger partial charge in [0.2, 0.25) is 0 Å². The van der Waals surface area contributed by atoms with Crippen LogP contribution in [0.5, 0.6) is 0 Å². The normalized spacial score (nSPS) is 11.0. The number of carboxylic acids is 1. The van der Waals surface area contributed by atoms with Gasteiger partial charge in [0.15, 0.2) is 0 Å². The Morgan fingerprint density at radius 1 is 1.47 bits per heavy atom. The zero-order valence-corrected chi connectivity index (χ0v) is 7.62. The van der Waals surface area contributed by atoms with Crippen LogP contribution in [0.4, 0.5) is 4.79 Å². The molecule has 0 aliphatic heterocycles. The summed E-state index contributed by atoms with van der Waals surface area (Å²) in [5, 5.41) is 22.4. The maximum absolute atomic E-state index is 10.3. The van der Waals surface area contributed by atoms with Crippen molar-refractivity contribution in [3.05, 3.63) is 18.2 Å². The van der Waals surface area contributed by atoms with Crippen LogP contribution in [0, 0.1) is 0 Å². The zero-order valence-electron chi connectivity index (χ0n) is 7.62. The number of aliphatic carboxylic acids is 1. The number of carboxylic acid groups (broad SMARTS) is 3. The van der Waals surface area contributed by atoms with Crippen LogP contribution in [-0.2, 0) is 11.2 Å². The maximum atomic E-state index is 10.3. The summed E-state index contributed by atoms with van der Waals surface area (Å²) in [6.45, 7) is 0. The second-order valence-electron chi connectivity index (χ2n) is 2.49. The summed E-state index contributed by atoms with van der Waals surface area (Å²) >= 11 is 0. The molecular weight excluding hydrogens is 206 g/mol. The number of nitrogens with one attached hydrogen (secondary N) is 1. The Kier molecular flexibility index (Phi) is 5.49. The Labute approximate surface area is 84.4 Å². The second kappa shape index (κ2) is 6.38. The van der Waals surface area contributed by atoms with Gasteiger partial charge in [-0.25, -0.2) is 9.78 Å². The highest BCUT2D eigenvalue weighted by Crippen LogP contribution is 1.95. The molecule has 0 radical (unpaired) electrons. The third-order valence-corrected chi connectivity index (χ3v) is 1.30. The monoisotopic (exact) mass is 217 g/mol. The van der Waals surface area contributed by atoms with Gasteiger partial charge in [0, 0.05) is 12.6 Å². The van der Waals surface area contributed by atoms with Gasteiger partial charge < -0.3 is 26.0 Å². The number of nitrogens with two attached hydrogens (primary N) is 1. The van der Waals surface area contributed by atoms with Gasteiger partial charge in [-0.15, -0.1) is 0 Å². The Morgan fingerprint density at radius 2 is 2.00 bits per heavy atom. The predicted octanol–water partition coefficient (Wildman–Crippen LogP) is -0.414. The molecular formula is C7H11N3O5. The van der Waals surface area contributed by atoms with Crippen LogP contribution < -0.4 is 5.73 Å². The van der Waals surface area contributed by atoms with Gasteiger partial charge in [-0.2, -0.15) is 0 Å². The number of rotatable bonds is 3. The third kappa shape index (κ3) is 7.02. The Bertz CT molecular complexity index is 306. The Hall–Kier alpha value is -2.09. The molecule has 0 aliphatic rings. The molecule has 1 rings (SSSR count). The van der Waals surface area contributed by atoms with Crippen LogP contribution in [0.15, 0.2) is 12.5 Å². The van der Waals surface area contributed by atoms with E-state index in [1.54, 1.807) is 6.20 Å². The molecule has 0 bridgehead atoms. The van der Waals surface area contributed by atoms with Gasteiger partial charge in [0.05, 0.1) is 12.0 Å². The first-order valence-corrected chi connectivity index (χ1v) is 3.81. The van der Waals surface area contributed by atoms with Crippen LogP contribution in [-0.4, -0.2) is 43.5 Å². The van der Waals surface area contributed by atoms with Crippen LogP contribution in [0.1, 0.15) is 5.69 Å². The topological polar surface area (TPSA) is 150 Å². The van der Waals surface area contributed by atoms with Crippen molar-refractivity contribution in [2.45, 2.75) is 12.5 Å². The van der Waals surface area contributed by atoms with Crippen molar-refractivity contribution >= 4 is 12.1 Å². The van der Waals surface area contributed by atoms with Crippen molar-refractivity contribution < 1.29 is 24.9 Å². The molecule has 0 aliphatic carbocycles. The molecule has 0 saturated heterocycles. The van der Waals surface area contributed by atoms with E-state index in [1.807, 2.05) is 0 Å². The Balaban J connectivity index is 0.000000423. The van der Waals surface area contributed by atoms with Gasteiger partial charge in [-0.05, 0) is 0 Å². The molecule has 1 aromatic heterocycles. The zero-order chi connectivity index (χ0) is 11.8. The van der Waals surface area contributed by atoms with Crippen LogP contribution >= 0.6 is 0 Å². The largest absolute Gasteiger partial charge is 0.503 e. The van der Waals surface area contributed by atoms with E-state index < -0.39 is 18.2 Å². The van der Waals surface area contributed by atoms with E-state index in [1.165, 1.54) is 6.33 Å². The van der Waals surface area contributed by atoms with Gasteiger partial charge in [-0.1, -0.05) is 0 Å². The first-order chi connectivity index (χ1) is 6.93. The van der Waals surface area contributed by atoms with E-state index in [0.29, 0.717) is 5.69 Å². The molecule has 0 saturated carbocycles. The highest BCUT2D eigenvalue weighted by Gasteiger charge is 2.12. The molecule has 6 N–H and O–H groups in total. The maximum Gasteiger partial charge on any atom is 0.503 e. The lowest BCUT2D eigenvalue weighted by atomic mass is 10.2. The SMILES string of the molecule is NC(Cc1c[nH]cn1)C(=O)O.O=C(O)O. The number of hydrogen-bond acceptors (Lipinski definition) is 4. The number of aromatic amines is 1. The fourth-order valence-electron chi connectivity index (χ4n) is 0.715. The molecule has 1 heterocycles. The number of H-pyrrole nitrogens is 1. The van der Waals surface area contributed by atoms with E-state index in [2.05, 4.69) is 9.97 Å². The van der Waals surface area contributed by atoms with Crippen LogP contribution in [0.3, 0.4) is 0 Å². The molecule has 8 heteroatoms. The van der Waals surface area contributed by atoms with Gasteiger partial charge in [-0.3, -0.25) is 4.79 Å². The molecule has 0 aromatic carbocycles. The molecule has 0 spiro atoms. The number of hydrogen-bond donors (Lipinski definition) is 5. The number of aromatic nitrogens is 2. The van der Waals surface area contributed by atoms with Crippen molar-refractivity contribution in [2.75, 3.05) is 0 Å². The van der Waals surface area contributed by atoms with Gasteiger partial charge in [0.1, 0.15) is 6.04 Å². The third-order valence-electron chi connectivity index (χ3n) is 1.30.